The normalized spacial score (nSPS) is 16.3. The van der Waals surface area contributed by atoms with Crippen molar-refractivity contribution >= 4 is 0 Å². The van der Waals surface area contributed by atoms with E-state index in [0.717, 1.165) is 25.6 Å². The van der Waals surface area contributed by atoms with Gasteiger partial charge in [-0.2, -0.15) is 0 Å². The third-order valence-corrected chi connectivity index (χ3v) is 3.23. The van der Waals surface area contributed by atoms with E-state index in [1.165, 1.54) is 12.8 Å². The molecule has 2 heteroatoms. The van der Waals surface area contributed by atoms with Crippen LogP contribution in [-0.2, 0) is 0 Å². The highest BCUT2D eigenvalue weighted by molar-refractivity contribution is 4.86. The van der Waals surface area contributed by atoms with Crippen LogP contribution in [0.5, 0.6) is 0 Å². The standard InChI is InChI=1S/C12H28N2/c1-6-14(7-2)12(5,10-13)9-8-11(3)4/h11H,6-10,13H2,1-5H3. The van der Waals surface area contributed by atoms with E-state index in [4.69, 9.17) is 5.73 Å². The van der Waals surface area contributed by atoms with Gasteiger partial charge in [0.05, 0.1) is 0 Å². The second-order valence-corrected chi connectivity index (χ2v) is 4.81. The molecule has 86 valence electrons. The highest BCUT2D eigenvalue weighted by atomic mass is 15.2. The summed E-state index contributed by atoms with van der Waals surface area (Å²) in [6.45, 7) is 14.2. The topological polar surface area (TPSA) is 29.3 Å². The lowest BCUT2D eigenvalue weighted by atomic mass is 9.90. The first kappa shape index (κ1) is 13.9. The van der Waals surface area contributed by atoms with E-state index in [1.807, 2.05) is 0 Å². The summed E-state index contributed by atoms with van der Waals surface area (Å²) >= 11 is 0. The highest BCUT2D eigenvalue weighted by Crippen LogP contribution is 2.22. The largest absolute Gasteiger partial charge is 0.329 e. The molecule has 14 heavy (non-hydrogen) atoms. The van der Waals surface area contributed by atoms with Crippen molar-refractivity contribution in [3.05, 3.63) is 0 Å². The van der Waals surface area contributed by atoms with Crippen LogP contribution in [0.25, 0.3) is 0 Å². The second-order valence-electron chi connectivity index (χ2n) is 4.81. The fourth-order valence-electron chi connectivity index (χ4n) is 1.98. The second kappa shape index (κ2) is 6.41. The SMILES string of the molecule is CCN(CC)C(C)(CN)CCC(C)C. The molecule has 0 aromatic carbocycles. The van der Waals surface area contributed by atoms with Crippen molar-refractivity contribution in [3.63, 3.8) is 0 Å². The Kier molecular flexibility index (Phi) is 6.38. The van der Waals surface area contributed by atoms with Crippen LogP contribution in [0.2, 0.25) is 0 Å². The minimum absolute atomic E-state index is 0.202. The molecule has 0 rings (SSSR count). The molecule has 1 unspecified atom stereocenters. The summed E-state index contributed by atoms with van der Waals surface area (Å²) in [6.07, 6.45) is 2.48. The maximum absolute atomic E-state index is 5.90. The lowest BCUT2D eigenvalue weighted by Crippen LogP contribution is -2.51. The lowest BCUT2D eigenvalue weighted by molar-refractivity contribution is 0.108. The lowest BCUT2D eigenvalue weighted by Gasteiger charge is -2.40. The Morgan fingerprint density at radius 1 is 1.21 bits per heavy atom. The fourth-order valence-corrected chi connectivity index (χ4v) is 1.98. The molecule has 0 heterocycles. The molecule has 0 amide bonds. The third-order valence-electron chi connectivity index (χ3n) is 3.23. The molecule has 1 atom stereocenters. The maximum Gasteiger partial charge on any atom is 0.0303 e. The van der Waals surface area contributed by atoms with E-state index in [9.17, 15) is 0 Å². The monoisotopic (exact) mass is 200 g/mol. The quantitative estimate of drug-likeness (QED) is 0.684. The van der Waals surface area contributed by atoms with Crippen molar-refractivity contribution in [2.75, 3.05) is 19.6 Å². The Balaban J connectivity index is 4.28. The molecular weight excluding hydrogens is 172 g/mol. The first-order valence-corrected chi connectivity index (χ1v) is 5.95. The van der Waals surface area contributed by atoms with Crippen LogP contribution in [0.1, 0.15) is 47.5 Å². The molecule has 0 aliphatic carbocycles. The van der Waals surface area contributed by atoms with Crippen LogP contribution in [0.15, 0.2) is 0 Å². The summed E-state index contributed by atoms with van der Waals surface area (Å²) in [7, 11) is 0. The van der Waals surface area contributed by atoms with Gasteiger partial charge in [-0.3, -0.25) is 4.90 Å². The van der Waals surface area contributed by atoms with Crippen molar-refractivity contribution in [1.82, 2.24) is 4.90 Å². The summed E-state index contributed by atoms with van der Waals surface area (Å²) in [6, 6.07) is 0. The number of nitrogens with two attached hydrogens (primary N) is 1. The summed E-state index contributed by atoms with van der Waals surface area (Å²) in [4.78, 5) is 2.48. The van der Waals surface area contributed by atoms with Gasteiger partial charge >= 0.3 is 0 Å². The first-order chi connectivity index (χ1) is 6.50. The zero-order valence-electron chi connectivity index (χ0n) is 10.6. The Morgan fingerprint density at radius 3 is 2.00 bits per heavy atom. The molecular formula is C12H28N2. The third kappa shape index (κ3) is 3.97. The van der Waals surface area contributed by atoms with Crippen LogP contribution in [-0.4, -0.2) is 30.1 Å². The van der Waals surface area contributed by atoms with Gasteiger partial charge in [0.15, 0.2) is 0 Å². The molecule has 0 aromatic heterocycles. The van der Waals surface area contributed by atoms with Crippen molar-refractivity contribution in [2.45, 2.75) is 53.0 Å². The molecule has 2 N–H and O–H groups in total. The summed E-state index contributed by atoms with van der Waals surface area (Å²) in [5.41, 5.74) is 6.11. The molecule has 0 bridgehead atoms. The fraction of sp³-hybridized carbons (Fsp3) is 1.00. The van der Waals surface area contributed by atoms with E-state index in [-0.39, 0.29) is 5.54 Å². The van der Waals surface area contributed by atoms with Gasteiger partial charge in [-0.05, 0) is 38.8 Å². The van der Waals surface area contributed by atoms with Crippen molar-refractivity contribution in [1.29, 1.82) is 0 Å². The van der Waals surface area contributed by atoms with E-state index in [0.29, 0.717) is 0 Å². The van der Waals surface area contributed by atoms with Gasteiger partial charge in [0, 0.05) is 12.1 Å². The van der Waals surface area contributed by atoms with Crippen LogP contribution < -0.4 is 5.73 Å². The molecule has 0 aliphatic rings. The van der Waals surface area contributed by atoms with E-state index < -0.39 is 0 Å². The molecule has 0 saturated carbocycles. The first-order valence-electron chi connectivity index (χ1n) is 5.95. The Labute approximate surface area is 89.9 Å². The predicted molar refractivity (Wildman–Crippen MR) is 64.5 cm³/mol. The van der Waals surface area contributed by atoms with Gasteiger partial charge in [0.1, 0.15) is 0 Å². The van der Waals surface area contributed by atoms with E-state index in [1.54, 1.807) is 0 Å². The van der Waals surface area contributed by atoms with Crippen molar-refractivity contribution in [3.8, 4) is 0 Å². The average Bonchev–Trinajstić information content (AvgIpc) is 2.16. The van der Waals surface area contributed by atoms with Crippen LogP contribution in [0.3, 0.4) is 0 Å². The molecule has 0 saturated heterocycles. The molecule has 2 nitrogen and oxygen atoms in total. The van der Waals surface area contributed by atoms with Gasteiger partial charge in [0.25, 0.3) is 0 Å². The number of hydrogen-bond donors (Lipinski definition) is 1. The zero-order chi connectivity index (χ0) is 11.2. The highest BCUT2D eigenvalue weighted by Gasteiger charge is 2.27. The molecule has 0 fully saturated rings. The average molecular weight is 200 g/mol. The van der Waals surface area contributed by atoms with Gasteiger partial charge < -0.3 is 5.73 Å². The molecule has 0 spiro atoms. The number of rotatable bonds is 7. The summed E-state index contributed by atoms with van der Waals surface area (Å²) in [5, 5.41) is 0. The molecule has 0 aliphatic heterocycles. The van der Waals surface area contributed by atoms with E-state index >= 15 is 0 Å². The molecule has 0 aromatic rings. The van der Waals surface area contributed by atoms with Gasteiger partial charge in [0.2, 0.25) is 0 Å². The number of likely N-dealkylation sites (N-methyl/N-ethyl adjacent to an activating group) is 1. The molecule has 0 radical (unpaired) electrons. The van der Waals surface area contributed by atoms with Gasteiger partial charge in [-0.15, -0.1) is 0 Å². The minimum Gasteiger partial charge on any atom is -0.329 e. The van der Waals surface area contributed by atoms with Crippen LogP contribution in [0.4, 0.5) is 0 Å². The Hall–Kier alpha value is -0.0800. The van der Waals surface area contributed by atoms with Gasteiger partial charge in [-0.1, -0.05) is 27.7 Å². The predicted octanol–water partition coefficient (Wildman–Crippen LogP) is 2.48. The smallest absolute Gasteiger partial charge is 0.0303 e. The number of hydrogen-bond acceptors (Lipinski definition) is 2. The van der Waals surface area contributed by atoms with E-state index in [2.05, 4.69) is 39.5 Å². The maximum atomic E-state index is 5.90. The van der Waals surface area contributed by atoms with Crippen molar-refractivity contribution < 1.29 is 0 Å². The number of nitrogens with zero attached hydrogens (tertiary/aromatic N) is 1. The van der Waals surface area contributed by atoms with Crippen LogP contribution in [0, 0.1) is 5.92 Å². The Bertz CT molecular complexity index is 141. The van der Waals surface area contributed by atoms with Crippen molar-refractivity contribution in [2.24, 2.45) is 11.7 Å². The summed E-state index contributed by atoms with van der Waals surface area (Å²) in [5.74, 6) is 0.774. The minimum atomic E-state index is 0.202. The van der Waals surface area contributed by atoms with Crippen LogP contribution >= 0.6 is 0 Å². The zero-order valence-corrected chi connectivity index (χ0v) is 10.6. The summed E-state index contributed by atoms with van der Waals surface area (Å²) < 4.78 is 0. The Morgan fingerprint density at radius 2 is 1.71 bits per heavy atom. The van der Waals surface area contributed by atoms with Gasteiger partial charge in [-0.25, -0.2) is 0 Å².